The molecule has 0 amide bonds. The highest BCUT2D eigenvalue weighted by Crippen LogP contribution is 2.30. The fourth-order valence-corrected chi connectivity index (χ4v) is 2.13. The Morgan fingerprint density at radius 1 is 1.33 bits per heavy atom. The fourth-order valence-electron chi connectivity index (χ4n) is 1.75. The number of aliphatic hydroxyl groups excluding tert-OH is 1. The van der Waals surface area contributed by atoms with Gasteiger partial charge in [0.2, 0.25) is 0 Å². The number of aromatic nitrogens is 1. The van der Waals surface area contributed by atoms with Crippen molar-refractivity contribution in [1.82, 2.24) is 4.98 Å². The number of ether oxygens (including phenoxy) is 1. The maximum atomic E-state index is 10.4. The van der Waals surface area contributed by atoms with Gasteiger partial charge in [0.1, 0.15) is 11.9 Å². The molecule has 1 atom stereocenters. The van der Waals surface area contributed by atoms with Gasteiger partial charge in [0.25, 0.3) is 0 Å². The first-order chi connectivity index (χ1) is 8.72. The van der Waals surface area contributed by atoms with Crippen LogP contribution in [-0.2, 0) is 0 Å². The minimum atomic E-state index is -0.738. The minimum absolute atomic E-state index is 0.570. The maximum absolute atomic E-state index is 10.4. The van der Waals surface area contributed by atoms with Crippen molar-refractivity contribution in [2.45, 2.75) is 13.0 Å². The molecule has 0 aliphatic heterocycles. The summed E-state index contributed by atoms with van der Waals surface area (Å²) in [4.78, 5) is 4.06. The zero-order valence-corrected chi connectivity index (χ0v) is 11.6. The topological polar surface area (TPSA) is 42.4 Å². The second kappa shape index (κ2) is 5.98. The molecule has 0 saturated heterocycles. The number of hydrogen-bond donors (Lipinski definition) is 1. The third-order valence-electron chi connectivity index (χ3n) is 2.56. The van der Waals surface area contributed by atoms with E-state index >= 15 is 0 Å². The Morgan fingerprint density at radius 3 is 2.83 bits per heavy atom. The third kappa shape index (κ3) is 2.89. The summed E-state index contributed by atoms with van der Waals surface area (Å²) in [6.45, 7) is 2.49. The Kier molecular flexibility index (Phi) is 4.33. The highest BCUT2D eigenvalue weighted by molar-refractivity contribution is 9.10. The van der Waals surface area contributed by atoms with Crippen LogP contribution in [0.15, 0.2) is 47.2 Å². The van der Waals surface area contributed by atoms with Crippen LogP contribution >= 0.6 is 15.9 Å². The zero-order valence-electron chi connectivity index (χ0n) is 10.0. The van der Waals surface area contributed by atoms with E-state index in [1.54, 1.807) is 12.4 Å². The van der Waals surface area contributed by atoms with Crippen molar-refractivity contribution in [3.05, 3.63) is 58.3 Å². The van der Waals surface area contributed by atoms with Crippen molar-refractivity contribution >= 4 is 15.9 Å². The summed E-state index contributed by atoms with van der Waals surface area (Å²) in [6.07, 6.45) is 2.60. The quantitative estimate of drug-likeness (QED) is 0.942. The molecule has 2 aromatic rings. The third-order valence-corrected chi connectivity index (χ3v) is 2.99. The van der Waals surface area contributed by atoms with Gasteiger partial charge in [-0.15, -0.1) is 0 Å². The largest absolute Gasteiger partial charge is 0.493 e. The monoisotopic (exact) mass is 307 g/mol. The molecule has 1 unspecified atom stereocenters. The molecule has 0 aliphatic rings. The summed E-state index contributed by atoms with van der Waals surface area (Å²) < 4.78 is 6.36. The molecule has 94 valence electrons. The van der Waals surface area contributed by atoms with Crippen LogP contribution in [-0.4, -0.2) is 16.7 Å². The van der Waals surface area contributed by atoms with Crippen LogP contribution in [0.25, 0.3) is 0 Å². The molecule has 0 bridgehead atoms. The van der Waals surface area contributed by atoms with Crippen LogP contribution < -0.4 is 4.74 Å². The molecule has 1 aromatic heterocycles. The van der Waals surface area contributed by atoms with E-state index in [0.29, 0.717) is 12.4 Å². The molecule has 0 saturated carbocycles. The van der Waals surface area contributed by atoms with Crippen molar-refractivity contribution in [3.8, 4) is 5.75 Å². The second-order valence-electron chi connectivity index (χ2n) is 3.81. The van der Waals surface area contributed by atoms with Crippen LogP contribution in [0, 0.1) is 0 Å². The molecule has 4 heteroatoms. The molecule has 2 rings (SSSR count). The SMILES string of the molecule is CCOc1ccccc1C(O)c1cncc(Br)c1. The maximum Gasteiger partial charge on any atom is 0.125 e. The molecule has 0 aliphatic carbocycles. The number of aliphatic hydroxyl groups is 1. The van der Waals surface area contributed by atoms with Crippen LogP contribution in [0.2, 0.25) is 0 Å². The first kappa shape index (κ1) is 13.1. The molecule has 0 radical (unpaired) electrons. The molecule has 3 nitrogen and oxygen atoms in total. The molecular formula is C14H14BrNO2. The fraction of sp³-hybridized carbons (Fsp3) is 0.214. The van der Waals surface area contributed by atoms with Gasteiger partial charge in [-0.1, -0.05) is 18.2 Å². The van der Waals surface area contributed by atoms with Gasteiger partial charge < -0.3 is 9.84 Å². The highest BCUT2D eigenvalue weighted by Gasteiger charge is 2.15. The number of para-hydroxylation sites is 1. The van der Waals surface area contributed by atoms with Gasteiger partial charge in [-0.05, 0) is 35.0 Å². The lowest BCUT2D eigenvalue weighted by Crippen LogP contribution is -2.04. The number of nitrogens with zero attached hydrogens (tertiary/aromatic N) is 1. The van der Waals surface area contributed by atoms with Gasteiger partial charge in [0.15, 0.2) is 0 Å². The Hall–Kier alpha value is -1.39. The van der Waals surface area contributed by atoms with Crippen molar-refractivity contribution in [3.63, 3.8) is 0 Å². The lowest BCUT2D eigenvalue weighted by Gasteiger charge is -2.15. The smallest absolute Gasteiger partial charge is 0.125 e. The Labute approximate surface area is 115 Å². The second-order valence-corrected chi connectivity index (χ2v) is 4.73. The molecule has 1 N–H and O–H groups in total. The Balaban J connectivity index is 2.36. The van der Waals surface area contributed by atoms with Crippen LogP contribution in [0.5, 0.6) is 5.75 Å². The minimum Gasteiger partial charge on any atom is -0.493 e. The standard InChI is InChI=1S/C14H14BrNO2/c1-2-18-13-6-4-3-5-12(13)14(17)10-7-11(15)9-16-8-10/h3-9,14,17H,2H2,1H3. The molecule has 0 fully saturated rings. The van der Waals surface area contributed by atoms with Crippen molar-refractivity contribution in [2.75, 3.05) is 6.61 Å². The van der Waals surface area contributed by atoms with E-state index in [2.05, 4.69) is 20.9 Å². The first-order valence-corrected chi connectivity index (χ1v) is 6.52. The van der Waals surface area contributed by atoms with Crippen LogP contribution in [0.3, 0.4) is 0 Å². The number of hydrogen-bond acceptors (Lipinski definition) is 3. The van der Waals surface area contributed by atoms with Crippen molar-refractivity contribution in [2.24, 2.45) is 0 Å². The van der Waals surface area contributed by atoms with E-state index in [9.17, 15) is 5.11 Å². The van der Waals surface area contributed by atoms with E-state index in [-0.39, 0.29) is 0 Å². The van der Waals surface area contributed by atoms with Gasteiger partial charge in [0, 0.05) is 28.0 Å². The number of pyridine rings is 1. The summed E-state index contributed by atoms with van der Waals surface area (Å²) in [5, 5.41) is 10.4. The van der Waals surface area contributed by atoms with Gasteiger partial charge >= 0.3 is 0 Å². The van der Waals surface area contributed by atoms with Gasteiger partial charge in [-0.3, -0.25) is 4.98 Å². The van der Waals surface area contributed by atoms with Gasteiger partial charge in [0.05, 0.1) is 6.61 Å². The highest BCUT2D eigenvalue weighted by atomic mass is 79.9. The lowest BCUT2D eigenvalue weighted by molar-refractivity contribution is 0.211. The number of benzene rings is 1. The average molecular weight is 308 g/mol. The summed E-state index contributed by atoms with van der Waals surface area (Å²) in [6, 6.07) is 9.33. The van der Waals surface area contributed by atoms with Gasteiger partial charge in [-0.25, -0.2) is 0 Å². The Morgan fingerprint density at radius 2 is 2.11 bits per heavy atom. The normalized spacial score (nSPS) is 12.2. The van der Waals surface area contributed by atoms with Crippen molar-refractivity contribution < 1.29 is 9.84 Å². The van der Waals surface area contributed by atoms with E-state index in [4.69, 9.17) is 4.74 Å². The summed E-state index contributed by atoms with van der Waals surface area (Å²) in [5.74, 6) is 0.701. The first-order valence-electron chi connectivity index (χ1n) is 5.72. The average Bonchev–Trinajstić information content (AvgIpc) is 2.39. The van der Waals surface area contributed by atoms with E-state index in [1.807, 2.05) is 37.3 Å². The molecule has 1 aromatic carbocycles. The Bertz CT molecular complexity index is 531. The van der Waals surface area contributed by atoms with E-state index in [0.717, 1.165) is 15.6 Å². The predicted molar refractivity (Wildman–Crippen MR) is 73.6 cm³/mol. The molecular weight excluding hydrogens is 294 g/mol. The predicted octanol–water partition coefficient (Wildman–Crippen LogP) is 3.32. The molecule has 18 heavy (non-hydrogen) atoms. The molecule has 1 heterocycles. The van der Waals surface area contributed by atoms with Gasteiger partial charge in [-0.2, -0.15) is 0 Å². The summed E-state index contributed by atoms with van der Waals surface area (Å²) >= 11 is 3.35. The molecule has 0 spiro atoms. The zero-order chi connectivity index (χ0) is 13.0. The van der Waals surface area contributed by atoms with Crippen LogP contribution in [0.1, 0.15) is 24.2 Å². The number of halogens is 1. The summed E-state index contributed by atoms with van der Waals surface area (Å²) in [5.41, 5.74) is 1.48. The number of rotatable bonds is 4. The lowest BCUT2D eigenvalue weighted by atomic mass is 10.0. The van der Waals surface area contributed by atoms with E-state index < -0.39 is 6.10 Å². The van der Waals surface area contributed by atoms with Crippen molar-refractivity contribution in [1.29, 1.82) is 0 Å². The van der Waals surface area contributed by atoms with E-state index in [1.165, 1.54) is 0 Å². The van der Waals surface area contributed by atoms with Crippen LogP contribution in [0.4, 0.5) is 0 Å². The summed E-state index contributed by atoms with van der Waals surface area (Å²) in [7, 11) is 0.